The van der Waals surface area contributed by atoms with Crippen LogP contribution < -0.4 is 15.5 Å². The molecule has 176 valence electrons. The first-order valence-corrected chi connectivity index (χ1v) is 11.8. The van der Waals surface area contributed by atoms with Gasteiger partial charge in [0.25, 0.3) is 11.8 Å². The van der Waals surface area contributed by atoms with Crippen LogP contribution in [0.1, 0.15) is 46.0 Å². The van der Waals surface area contributed by atoms with Gasteiger partial charge >= 0.3 is 0 Å². The molecule has 0 bridgehead atoms. The van der Waals surface area contributed by atoms with E-state index >= 15 is 0 Å². The van der Waals surface area contributed by atoms with Crippen molar-refractivity contribution in [2.24, 2.45) is 5.92 Å². The van der Waals surface area contributed by atoms with E-state index in [1.54, 1.807) is 6.07 Å². The normalized spacial score (nSPS) is 14.0. The molecule has 34 heavy (non-hydrogen) atoms. The molecule has 1 aliphatic heterocycles. The number of nitrogens with zero attached hydrogens (tertiary/aromatic N) is 1. The number of halogens is 1. The standard InChI is InChI=1S/C28H30FN3O2/c1-20-14-17-32(18-15-20)26-12-11-24(31-27(33)22-7-9-23(29)10-8-22)19-25(26)28(34)30-16-13-21-5-3-2-4-6-21/h2-12,19-20H,13-18H2,1H3,(H,30,34)(H,31,33). The lowest BCUT2D eigenvalue weighted by Gasteiger charge is -2.33. The second-order valence-corrected chi connectivity index (χ2v) is 8.85. The molecule has 0 aliphatic carbocycles. The molecule has 1 heterocycles. The molecule has 0 unspecified atom stereocenters. The molecule has 0 atom stereocenters. The summed E-state index contributed by atoms with van der Waals surface area (Å²) in [6, 6.07) is 20.8. The number of rotatable bonds is 7. The maximum Gasteiger partial charge on any atom is 0.255 e. The average Bonchev–Trinajstić information content (AvgIpc) is 2.85. The van der Waals surface area contributed by atoms with E-state index in [0.29, 0.717) is 29.3 Å². The molecule has 1 fully saturated rings. The fourth-order valence-electron chi connectivity index (χ4n) is 4.19. The quantitative estimate of drug-likeness (QED) is 0.505. The van der Waals surface area contributed by atoms with Crippen LogP contribution in [0.5, 0.6) is 0 Å². The van der Waals surface area contributed by atoms with Gasteiger partial charge in [-0.25, -0.2) is 4.39 Å². The molecule has 1 saturated heterocycles. The molecule has 2 amide bonds. The van der Waals surface area contributed by atoms with E-state index in [1.807, 2.05) is 42.5 Å². The van der Waals surface area contributed by atoms with E-state index < -0.39 is 5.82 Å². The lowest BCUT2D eigenvalue weighted by molar-refractivity contribution is 0.0953. The van der Waals surface area contributed by atoms with Crippen molar-refractivity contribution in [3.05, 3.63) is 95.3 Å². The van der Waals surface area contributed by atoms with Gasteiger partial charge in [-0.15, -0.1) is 0 Å². The van der Waals surface area contributed by atoms with Crippen molar-refractivity contribution in [3.63, 3.8) is 0 Å². The Morgan fingerprint density at radius 1 is 0.941 bits per heavy atom. The highest BCUT2D eigenvalue weighted by Gasteiger charge is 2.22. The molecule has 1 aliphatic rings. The predicted octanol–water partition coefficient (Wildman–Crippen LogP) is 5.29. The van der Waals surface area contributed by atoms with Crippen LogP contribution in [-0.2, 0) is 6.42 Å². The number of amides is 2. The van der Waals surface area contributed by atoms with Crippen LogP contribution in [0.2, 0.25) is 0 Å². The number of carbonyl (C=O) groups excluding carboxylic acids is 2. The topological polar surface area (TPSA) is 61.4 Å². The van der Waals surface area contributed by atoms with Crippen LogP contribution in [-0.4, -0.2) is 31.4 Å². The molecule has 0 radical (unpaired) electrons. The van der Waals surface area contributed by atoms with Gasteiger partial charge in [0.15, 0.2) is 0 Å². The molecule has 0 spiro atoms. The summed E-state index contributed by atoms with van der Waals surface area (Å²) < 4.78 is 13.2. The van der Waals surface area contributed by atoms with Crippen molar-refractivity contribution < 1.29 is 14.0 Å². The number of hydrogen-bond acceptors (Lipinski definition) is 3. The highest BCUT2D eigenvalue weighted by molar-refractivity contribution is 6.06. The molecular weight excluding hydrogens is 429 g/mol. The second kappa shape index (κ2) is 11.0. The van der Waals surface area contributed by atoms with Gasteiger partial charge in [0.1, 0.15) is 5.82 Å². The van der Waals surface area contributed by atoms with Gasteiger partial charge in [0.05, 0.1) is 5.56 Å². The molecule has 4 rings (SSSR count). The van der Waals surface area contributed by atoms with E-state index in [0.717, 1.165) is 43.6 Å². The third-order valence-corrected chi connectivity index (χ3v) is 6.27. The Labute approximate surface area is 200 Å². The van der Waals surface area contributed by atoms with Crippen LogP contribution in [0, 0.1) is 11.7 Å². The van der Waals surface area contributed by atoms with Crippen LogP contribution >= 0.6 is 0 Å². The van der Waals surface area contributed by atoms with Crippen LogP contribution in [0.3, 0.4) is 0 Å². The Hall–Kier alpha value is -3.67. The molecule has 2 N–H and O–H groups in total. The minimum Gasteiger partial charge on any atom is -0.371 e. The third-order valence-electron chi connectivity index (χ3n) is 6.27. The zero-order valence-corrected chi connectivity index (χ0v) is 19.4. The van der Waals surface area contributed by atoms with Crippen molar-refractivity contribution in [1.29, 1.82) is 0 Å². The summed E-state index contributed by atoms with van der Waals surface area (Å²) in [4.78, 5) is 28.1. The first kappa shape index (κ1) is 23.5. The molecule has 6 heteroatoms. The lowest BCUT2D eigenvalue weighted by atomic mass is 9.97. The van der Waals surface area contributed by atoms with Crippen molar-refractivity contribution >= 4 is 23.2 Å². The minimum atomic E-state index is -0.397. The van der Waals surface area contributed by atoms with E-state index in [2.05, 4.69) is 22.5 Å². The van der Waals surface area contributed by atoms with Crippen molar-refractivity contribution in [2.45, 2.75) is 26.2 Å². The molecule has 0 saturated carbocycles. The van der Waals surface area contributed by atoms with Crippen molar-refractivity contribution in [3.8, 4) is 0 Å². The number of piperidine rings is 1. The van der Waals surface area contributed by atoms with E-state index in [9.17, 15) is 14.0 Å². The van der Waals surface area contributed by atoms with Crippen LogP contribution in [0.25, 0.3) is 0 Å². The Morgan fingerprint density at radius 3 is 2.35 bits per heavy atom. The van der Waals surface area contributed by atoms with Crippen LogP contribution in [0.15, 0.2) is 72.8 Å². The van der Waals surface area contributed by atoms with Gasteiger partial charge in [-0.3, -0.25) is 9.59 Å². The fourth-order valence-corrected chi connectivity index (χ4v) is 4.19. The number of anilines is 2. The molecule has 5 nitrogen and oxygen atoms in total. The molecule has 3 aromatic rings. The smallest absolute Gasteiger partial charge is 0.255 e. The summed E-state index contributed by atoms with van der Waals surface area (Å²) in [6.07, 6.45) is 2.90. The first-order valence-electron chi connectivity index (χ1n) is 11.8. The van der Waals surface area contributed by atoms with E-state index in [-0.39, 0.29) is 11.8 Å². The molecule has 3 aromatic carbocycles. The second-order valence-electron chi connectivity index (χ2n) is 8.85. The van der Waals surface area contributed by atoms with Gasteiger partial charge in [-0.1, -0.05) is 37.3 Å². The SMILES string of the molecule is CC1CCN(c2ccc(NC(=O)c3ccc(F)cc3)cc2C(=O)NCCc2ccccc2)CC1. The van der Waals surface area contributed by atoms with Gasteiger partial charge in [-0.2, -0.15) is 0 Å². The number of hydrogen-bond donors (Lipinski definition) is 2. The monoisotopic (exact) mass is 459 g/mol. The Bertz CT molecular complexity index is 1120. The number of benzene rings is 3. The third kappa shape index (κ3) is 6.01. The Morgan fingerprint density at radius 2 is 1.65 bits per heavy atom. The molecule has 0 aromatic heterocycles. The maximum absolute atomic E-state index is 13.2. The summed E-state index contributed by atoms with van der Waals surface area (Å²) in [7, 11) is 0. The minimum absolute atomic E-state index is 0.164. The highest BCUT2D eigenvalue weighted by Crippen LogP contribution is 2.29. The van der Waals surface area contributed by atoms with Crippen molar-refractivity contribution in [1.82, 2.24) is 5.32 Å². The van der Waals surface area contributed by atoms with Gasteiger partial charge in [0.2, 0.25) is 0 Å². The lowest BCUT2D eigenvalue weighted by Crippen LogP contribution is -2.35. The average molecular weight is 460 g/mol. The first-order chi connectivity index (χ1) is 16.5. The summed E-state index contributed by atoms with van der Waals surface area (Å²) >= 11 is 0. The number of nitrogens with one attached hydrogen (secondary N) is 2. The van der Waals surface area contributed by atoms with Crippen LogP contribution in [0.4, 0.5) is 15.8 Å². The molecular formula is C28H30FN3O2. The van der Waals surface area contributed by atoms with Gasteiger partial charge in [0, 0.05) is 36.6 Å². The van der Waals surface area contributed by atoms with Gasteiger partial charge < -0.3 is 15.5 Å². The maximum atomic E-state index is 13.2. The number of carbonyl (C=O) groups is 2. The summed E-state index contributed by atoms with van der Waals surface area (Å²) in [5, 5.41) is 5.87. The van der Waals surface area contributed by atoms with E-state index in [4.69, 9.17) is 0 Å². The fraction of sp³-hybridized carbons (Fsp3) is 0.286. The zero-order valence-electron chi connectivity index (χ0n) is 19.4. The Kier molecular flexibility index (Phi) is 7.58. The summed E-state index contributed by atoms with van der Waals surface area (Å²) in [5.74, 6) is -0.239. The largest absolute Gasteiger partial charge is 0.371 e. The predicted molar refractivity (Wildman–Crippen MR) is 134 cm³/mol. The summed E-state index contributed by atoms with van der Waals surface area (Å²) in [5.41, 5.74) is 3.46. The summed E-state index contributed by atoms with van der Waals surface area (Å²) in [6.45, 7) is 4.56. The highest BCUT2D eigenvalue weighted by atomic mass is 19.1. The van der Waals surface area contributed by atoms with E-state index in [1.165, 1.54) is 24.3 Å². The van der Waals surface area contributed by atoms with Gasteiger partial charge in [-0.05, 0) is 73.2 Å². The van der Waals surface area contributed by atoms with Crippen molar-refractivity contribution in [2.75, 3.05) is 29.9 Å². The Balaban J connectivity index is 1.52. The zero-order chi connectivity index (χ0) is 23.9.